The molecule has 21 heavy (non-hydrogen) atoms. The summed E-state index contributed by atoms with van der Waals surface area (Å²) in [5, 5.41) is 3.50. The Morgan fingerprint density at radius 1 is 1.33 bits per heavy atom. The van der Waals surface area contributed by atoms with E-state index in [2.05, 4.69) is 74.4 Å². The quantitative estimate of drug-likeness (QED) is 0.868. The fourth-order valence-electron chi connectivity index (χ4n) is 3.42. The molecule has 0 aromatic heterocycles. The summed E-state index contributed by atoms with van der Waals surface area (Å²) in [6.07, 6.45) is 2.68. The van der Waals surface area contributed by atoms with Gasteiger partial charge in [0.1, 0.15) is 0 Å². The van der Waals surface area contributed by atoms with E-state index in [0.29, 0.717) is 18.1 Å². The Morgan fingerprint density at radius 2 is 2.00 bits per heavy atom. The highest BCUT2D eigenvalue weighted by Gasteiger charge is 2.27. The summed E-state index contributed by atoms with van der Waals surface area (Å²) in [7, 11) is 6.58. The molecule has 3 unspecified atom stereocenters. The lowest BCUT2D eigenvalue weighted by atomic mass is 9.98. The van der Waals surface area contributed by atoms with Crippen molar-refractivity contribution in [3.8, 4) is 0 Å². The van der Waals surface area contributed by atoms with Gasteiger partial charge in [0.05, 0.1) is 0 Å². The van der Waals surface area contributed by atoms with Gasteiger partial charge in [-0.2, -0.15) is 0 Å². The minimum atomic E-state index is 0.377. The summed E-state index contributed by atoms with van der Waals surface area (Å²) < 4.78 is 0. The molecular weight excluding hydrogens is 258 g/mol. The van der Waals surface area contributed by atoms with Gasteiger partial charge in [0, 0.05) is 24.7 Å². The van der Waals surface area contributed by atoms with Crippen molar-refractivity contribution in [3.63, 3.8) is 0 Å². The minimum absolute atomic E-state index is 0.377. The van der Waals surface area contributed by atoms with E-state index in [-0.39, 0.29) is 0 Å². The lowest BCUT2D eigenvalue weighted by Crippen LogP contribution is -2.45. The van der Waals surface area contributed by atoms with E-state index in [4.69, 9.17) is 0 Å². The third-order valence-electron chi connectivity index (χ3n) is 5.10. The maximum Gasteiger partial charge on any atom is 0.0472 e. The maximum absolute atomic E-state index is 3.50. The third-order valence-corrected chi connectivity index (χ3v) is 5.10. The fourth-order valence-corrected chi connectivity index (χ4v) is 3.42. The zero-order chi connectivity index (χ0) is 15.4. The molecule has 0 radical (unpaired) electrons. The summed E-state index contributed by atoms with van der Waals surface area (Å²) >= 11 is 0. The van der Waals surface area contributed by atoms with Gasteiger partial charge in [-0.15, -0.1) is 0 Å². The molecule has 1 aliphatic heterocycles. The van der Waals surface area contributed by atoms with Crippen LogP contribution in [0.2, 0.25) is 0 Å². The summed E-state index contributed by atoms with van der Waals surface area (Å²) in [6, 6.07) is 10.5. The Hall–Kier alpha value is -0.900. The Bertz CT molecular complexity index is 429. The molecule has 1 saturated heterocycles. The highest BCUT2D eigenvalue weighted by atomic mass is 15.2. The number of rotatable bonds is 6. The number of hydrogen-bond acceptors (Lipinski definition) is 3. The highest BCUT2D eigenvalue weighted by molar-refractivity contribution is 5.25. The van der Waals surface area contributed by atoms with Crippen molar-refractivity contribution in [2.24, 2.45) is 0 Å². The third kappa shape index (κ3) is 4.06. The first-order valence-corrected chi connectivity index (χ1v) is 8.17. The molecule has 118 valence electrons. The lowest BCUT2D eigenvalue weighted by molar-refractivity contribution is 0.160. The van der Waals surface area contributed by atoms with Crippen molar-refractivity contribution >= 4 is 0 Å². The summed E-state index contributed by atoms with van der Waals surface area (Å²) in [5.74, 6) is 0. The van der Waals surface area contributed by atoms with Gasteiger partial charge in [-0.3, -0.25) is 0 Å². The van der Waals surface area contributed by atoms with E-state index in [9.17, 15) is 0 Å². The first-order valence-electron chi connectivity index (χ1n) is 8.17. The smallest absolute Gasteiger partial charge is 0.0472 e. The molecular formula is C18H31N3. The van der Waals surface area contributed by atoms with Crippen LogP contribution in [-0.2, 0) is 0 Å². The Kier molecular flexibility index (Phi) is 5.80. The molecule has 1 heterocycles. The molecule has 1 aromatic rings. The fraction of sp³-hybridized carbons (Fsp3) is 0.667. The van der Waals surface area contributed by atoms with Gasteiger partial charge in [0.15, 0.2) is 0 Å². The second-order valence-corrected chi connectivity index (χ2v) is 6.63. The summed E-state index contributed by atoms with van der Waals surface area (Å²) in [4.78, 5) is 5.01. The monoisotopic (exact) mass is 289 g/mol. The van der Waals surface area contributed by atoms with Gasteiger partial charge in [-0.25, -0.2) is 0 Å². The van der Waals surface area contributed by atoms with Crippen molar-refractivity contribution < 1.29 is 0 Å². The van der Waals surface area contributed by atoms with Gasteiger partial charge >= 0.3 is 0 Å². The lowest BCUT2D eigenvalue weighted by Gasteiger charge is -2.35. The van der Waals surface area contributed by atoms with Gasteiger partial charge in [-0.1, -0.05) is 29.8 Å². The van der Waals surface area contributed by atoms with Crippen molar-refractivity contribution in [2.45, 2.75) is 44.8 Å². The number of nitrogens with one attached hydrogen (secondary N) is 1. The van der Waals surface area contributed by atoms with Crippen LogP contribution in [0.25, 0.3) is 0 Å². The average Bonchev–Trinajstić information content (AvgIpc) is 2.87. The largest absolute Gasteiger partial charge is 0.312 e. The van der Waals surface area contributed by atoms with Crippen LogP contribution in [0.1, 0.15) is 36.9 Å². The number of likely N-dealkylation sites (tertiary alicyclic amines) is 1. The Morgan fingerprint density at radius 3 is 2.52 bits per heavy atom. The van der Waals surface area contributed by atoms with Gasteiger partial charge in [-0.05, 0) is 59.9 Å². The number of aryl methyl sites for hydroxylation is 1. The highest BCUT2D eigenvalue weighted by Crippen LogP contribution is 2.23. The van der Waals surface area contributed by atoms with Crippen LogP contribution in [0.5, 0.6) is 0 Å². The van der Waals surface area contributed by atoms with Crippen LogP contribution in [0, 0.1) is 6.92 Å². The topological polar surface area (TPSA) is 18.5 Å². The van der Waals surface area contributed by atoms with Crippen molar-refractivity contribution in [1.82, 2.24) is 15.1 Å². The van der Waals surface area contributed by atoms with Gasteiger partial charge in [0.2, 0.25) is 0 Å². The summed E-state index contributed by atoms with van der Waals surface area (Å²) in [5.41, 5.74) is 2.70. The molecule has 0 amide bonds. The first kappa shape index (κ1) is 16.5. The van der Waals surface area contributed by atoms with Crippen molar-refractivity contribution in [1.29, 1.82) is 0 Å². The van der Waals surface area contributed by atoms with Crippen LogP contribution < -0.4 is 5.32 Å². The number of hydrogen-bond donors (Lipinski definition) is 1. The number of likely N-dealkylation sites (N-methyl/N-ethyl adjacent to an activating group) is 3. The zero-order valence-electron chi connectivity index (χ0n) is 14.3. The predicted molar refractivity (Wildman–Crippen MR) is 90.7 cm³/mol. The van der Waals surface area contributed by atoms with Crippen molar-refractivity contribution in [3.05, 3.63) is 35.4 Å². The van der Waals surface area contributed by atoms with Crippen LogP contribution in [-0.4, -0.2) is 56.1 Å². The molecule has 0 aliphatic carbocycles. The standard InChI is InChI=1S/C18H31N3/c1-14-8-10-16(11-9-14)18(19-3)15(2)21(5)13-17-7-6-12-20(17)4/h8-11,15,17-19H,6-7,12-13H2,1-5H3. The Balaban J connectivity index is 2.01. The molecule has 3 nitrogen and oxygen atoms in total. The van der Waals surface area contributed by atoms with E-state index in [1.807, 2.05) is 0 Å². The average molecular weight is 289 g/mol. The number of benzene rings is 1. The molecule has 3 atom stereocenters. The minimum Gasteiger partial charge on any atom is -0.312 e. The summed E-state index contributed by atoms with van der Waals surface area (Å²) in [6.45, 7) is 6.88. The van der Waals surface area contributed by atoms with E-state index in [1.54, 1.807) is 0 Å². The molecule has 1 fully saturated rings. The van der Waals surface area contributed by atoms with Gasteiger partial charge in [0.25, 0.3) is 0 Å². The van der Waals surface area contributed by atoms with E-state index in [0.717, 1.165) is 6.54 Å². The van der Waals surface area contributed by atoms with E-state index < -0.39 is 0 Å². The maximum atomic E-state index is 3.50. The second kappa shape index (κ2) is 7.39. The molecule has 0 spiro atoms. The molecule has 0 saturated carbocycles. The Labute approximate surface area is 130 Å². The van der Waals surface area contributed by atoms with Crippen LogP contribution in [0.4, 0.5) is 0 Å². The van der Waals surface area contributed by atoms with E-state index in [1.165, 1.54) is 30.5 Å². The van der Waals surface area contributed by atoms with Crippen LogP contribution in [0.15, 0.2) is 24.3 Å². The molecule has 1 N–H and O–H groups in total. The van der Waals surface area contributed by atoms with Crippen LogP contribution in [0.3, 0.4) is 0 Å². The molecule has 0 bridgehead atoms. The van der Waals surface area contributed by atoms with E-state index >= 15 is 0 Å². The molecule has 3 heteroatoms. The number of nitrogens with zero attached hydrogens (tertiary/aromatic N) is 2. The first-order chi connectivity index (χ1) is 10.0. The molecule has 2 rings (SSSR count). The van der Waals surface area contributed by atoms with Crippen LogP contribution >= 0.6 is 0 Å². The normalized spacial score (nSPS) is 22.7. The predicted octanol–water partition coefficient (Wildman–Crippen LogP) is 2.67. The SMILES string of the molecule is CNC(c1ccc(C)cc1)C(C)N(C)CC1CCCN1C. The molecule has 1 aliphatic rings. The molecule has 1 aromatic carbocycles. The van der Waals surface area contributed by atoms with Gasteiger partial charge < -0.3 is 15.1 Å². The van der Waals surface area contributed by atoms with Crippen molar-refractivity contribution in [2.75, 3.05) is 34.2 Å². The second-order valence-electron chi connectivity index (χ2n) is 6.63. The zero-order valence-corrected chi connectivity index (χ0v) is 14.3.